The van der Waals surface area contributed by atoms with Gasteiger partial charge in [-0.1, -0.05) is 13.0 Å². The minimum atomic E-state index is -0.842. The van der Waals surface area contributed by atoms with E-state index in [0.717, 1.165) is 16.4 Å². The molecule has 0 aliphatic carbocycles. The molecule has 4 nitrogen and oxygen atoms in total. The van der Waals surface area contributed by atoms with Crippen molar-refractivity contribution in [3.63, 3.8) is 0 Å². The van der Waals surface area contributed by atoms with Gasteiger partial charge in [0.1, 0.15) is 13.2 Å². The van der Waals surface area contributed by atoms with Crippen molar-refractivity contribution in [3.05, 3.63) is 29.8 Å². The first kappa shape index (κ1) is 13.8. The molecule has 1 aromatic rings. The first-order valence-corrected chi connectivity index (χ1v) is 7.14. The van der Waals surface area contributed by atoms with Crippen LogP contribution in [0.4, 0.5) is 0 Å². The Morgan fingerprint density at radius 3 is 2.79 bits per heavy atom. The highest BCUT2D eigenvalue weighted by molar-refractivity contribution is 7.99. The van der Waals surface area contributed by atoms with Crippen molar-refractivity contribution >= 4 is 17.7 Å². The lowest BCUT2D eigenvalue weighted by Crippen LogP contribution is -2.15. The number of thioether (sulfide) groups is 1. The van der Waals surface area contributed by atoms with Gasteiger partial charge in [0.2, 0.25) is 0 Å². The van der Waals surface area contributed by atoms with Gasteiger partial charge in [0.25, 0.3) is 0 Å². The summed E-state index contributed by atoms with van der Waals surface area (Å²) < 4.78 is 10.9. The Morgan fingerprint density at radius 1 is 1.37 bits per heavy atom. The fourth-order valence-corrected chi connectivity index (χ4v) is 2.57. The smallest absolute Gasteiger partial charge is 0.331 e. The summed E-state index contributed by atoms with van der Waals surface area (Å²) in [6, 6.07) is 5.77. The molecule has 102 valence electrons. The third kappa shape index (κ3) is 3.67. The molecule has 5 heteroatoms. The van der Waals surface area contributed by atoms with Crippen molar-refractivity contribution in [2.75, 3.05) is 19.0 Å². The Labute approximate surface area is 116 Å². The summed E-state index contributed by atoms with van der Waals surface area (Å²) in [5.74, 6) is 1.32. The van der Waals surface area contributed by atoms with E-state index in [1.807, 2.05) is 25.1 Å². The van der Waals surface area contributed by atoms with Gasteiger partial charge in [0.15, 0.2) is 11.5 Å². The van der Waals surface area contributed by atoms with Crippen LogP contribution in [0.1, 0.15) is 13.3 Å². The first-order chi connectivity index (χ1) is 9.20. The summed E-state index contributed by atoms with van der Waals surface area (Å²) in [7, 11) is 0. The summed E-state index contributed by atoms with van der Waals surface area (Å²) in [5, 5.41) is 8.91. The van der Waals surface area contributed by atoms with Crippen LogP contribution in [-0.4, -0.2) is 30.0 Å². The maximum atomic E-state index is 10.9. The number of rotatable bonds is 5. The minimum Gasteiger partial charge on any atom is -0.486 e. The van der Waals surface area contributed by atoms with Crippen molar-refractivity contribution in [1.82, 2.24) is 0 Å². The van der Waals surface area contributed by atoms with Gasteiger partial charge in [0, 0.05) is 16.2 Å². The van der Waals surface area contributed by atoms with E-state index in [4.69, 9.17) is 14.6 Å². The molecule has 1 aromatic carbocycles. The molecule has 0 saturated heterocycles. The Bertz CT molecular complexity index is 496. The molecule has 0 radical (unpaired) electrons. The predicted molar refractivity (Wildman–Crippen MR) is 74.2 cm³/mol. The third-order valence-electron chi connectivity index (χ3n) is 2.75. The molecule has 1 heterocycles. The highest BCUT2D eigenvalue weighted by Gasteiger charge is 2.11. The summed E-state index contributed by atoms with van der Waals surface area (Å²) in [5.41, 5.74) is 0.449. The number of carboxylic acids is 1. The summed E-state index contributed by atoms with van der Waals surface area (Å²) in [4.78, 5) is 11.9. The molecule has 0 atom stereocenters. The van der Waals surface area contributed by atoms with E-state index in [1.54, 1.807) is 17.8 Å². The maximum absolute atomic E-state index is 10.9. The number of benzene rings is 1. The van der Waals surface area contributed by atoms with Crippen LogP contribution in [-0.2, 0) is 4.79 Å². The van der Waals surface area contributed by atoms with Gasteiger partial charge in [-0.15, -0.1) is 11.8 Å². The summed E-state index contributed by atoms with van der Waals surface area (Å²) in [6.45, 7) is 3.00. The number of carboxylic acid groups (broad SMARTS) is 1. The number of fused-ring (bicyclic) bond motifs is 1. The maximum Gasteiger partial charge on any atom is 0.331 e. The van der Waals surface area contributed by atoms with Crippen LogP contribution in [0.25, 0.3) is 0 Å². The van der Waals surface area contributed by atoms with Gasteiger partial charge >= 0.3 is 5.97 Å². The molecule has 1 aliphatic rings. The molecule has 1 N–H and O–H groups in total. The Kier molecular flexibility index (Phi) is 4.74. The van der Waals surface area contributed by atoms with Gasteiger partial charge in [-0.2, -0.15) is 0 Å². The Balaban J connectivity index is 1.98. The van der Waals surface area contributed by atoms with Gasteiger partial charge in [-0.05, 0) is 24.6 Å². The normalized spacial score (nSPS) is 14.3. The van der Waals surface area contributed by atoms with E-state index in [1.165, 1.54) is 0 Å². The first-order valence-electron chi connectivity index (χ1n) is 6.15. The molecule has 0 aromatic heterocycles. The van der Waals surface area contributed by atoms with Gasteiger partial charge in [0.05, 0.1) is 0 Å². The molecule has 0 saturated carbocycles. The quantitative estimate of drug-likeness (QED) is 0.664. The second-order valence-electron chi connectivity index (χ2n) is 4.00. The largest absolute Gasteiger partial charge is 0.486 e. The molecule has 0 bridgehead atoms. The standard InChI is InChI=1S/C14H16O4S/c1-2-10(14(15)16)5-8-19-11-3-4-12-13(9-11)18-7-6-17-12/h3-5,9H,2,6-8H2,1H3,(H,15,16). The fourth-order valence-electron chi connectivity index (χ4n) is 1.73. The predicted octanol–water partition coefficient (Wildman–Crippen LogP) is 2.97. The molecular formula is C14H16O4S. The zero-order chi connectivity index (χ0) is 13.7. The SMILES string of the molecule is CCC(=CCSc1ccc2c(c1)OCCO2)C(=O)O. The number of aliphatic carboxylic acids is 1. The highest BCUT2D eigenvalue weighted by Crippen LogP contribution is 2.34. The second-order valence-corrected chi connectivity index (χ2v) is 5.10. The van der Waals surface area contributed by atoms with Crippen LogP contribution in [0.3, 0.4) is 0 Å². The van der Waals surface area contributed by atoms with Crippen LogP contribution in [0.5, 0.6) is 11.5 Å². The minimum absolute atomic E-state index is 0.449. The molecule has 2 rings (SSSR count). The molecule has 1 aliphatic heterocycles. The summed E-state index contributed by atoms with van der Waals surface area (Å²) >= 11 is 1.58. The van der Waals surface area contributed by atoms with E-state index in [2.05, 4.69) is 0 Å². The molecule has 0 fully saturated rings. The van der Waals surface area contributed by atoms with E-state index < -0.39 is 5.97 Å². The third-order valence-corrected chi connectivity index (χ3v) is 3.67. The lowest BCUT2D eigenvalue weighted by atomic mass is 10.2. The van der Waals surface area contributed by atoms with E-state index in [9.17, 15) is 4.79 Å². The van der Waals surface area contributed by atoms with Gasteiger partial charge < -0.3 is 14.6 Å². The second kappa shape index (κ2) is 6.52. The molecule has 0 unspecified atom stereocenters. The van der Waals surface area contributed by atoms with Gasteiger partial charge in [-0.25, -0.2) is 4.79 Å². The average molecular weight is 280 g/mol. The van der Waals surface area contributed by atoms with Crippen molar-refractivity contribution in [3.8, 4) is 11.5 Å². The molecule has 0 spiro atoms. The van der Waals surface area contributed by atoms with Gasteiger partial charge in [-0.3, -0.25) is 0 Å². The monoisotopic (exact) mass is 280 g/mol. The molecule has 0 amide bonds. The molecular weight excluding hydrogens is 264 g/mol. The lowest BCUT2D eigenvalue weighted by molar-refractivity contribution is -0.132. The van der Waals surface area contributed by atoms with Crippen molar-refractivity contribution in [2.45, 2.75) is 18.2 Å². The molecule has 19 heavy (non-hydrogen) atoms. The zero-order valence-electron chi connectivity index (χ0n) is 10.7. The van der Waals surface area contributed by atoms with Crippen molar-refractivity contribution < 1.29 is 19.4 Å². The lowest BCUT2D eigenvalue weighted by Gasteiger charge is -2.18. The van der Waals surface area contributed by atoms with Crippen LogP contribution < -0.4 is 9.47 Å². The van der Waals surface area contributed by atoms with Crippen LogP contribution >= 0.6 is 11.8 Å². The van der Waals surface area contributed by atoms with E-state index in [-0.39, 0.29) is 0 Å². The number of ether oxygens (including phenoxy) is 2. The van der Waals surface area contributed by atoms with Crippen molar-refractivity contribution in [2.24, 2.45) is 0 Å². The number of hydrogen-bond acceptors (Lipinski definition) is 4. The topological polar surface area (TPSA) is 55.8 Å². The Hall–Kier alpha value is -1.62. The Morgan fingerprint density at radius 2 is 2.11 bits per heavy atom. The fraction of sp³-hybridized carbons (Fsp3) is 0.357. The number of carbonyl (C=O) groups is 1. The summed E-state index contributed by atoms with van der Waals surface area (Å²) in [6.07, 6.45) is 2.29. The average Bonchev–Trinajstić information content (AvgIpc) is 2.43. The van der Waals surface area contributed by atoms with E-state index in [0.29, 0.717) is 31.0 Å². The van der Waals surface area contributed by atoms with E-state index >= 15 is 0 Å². The van der Waals surface area contributed by atoms with Crippen LogP contribution in [0.2, 0.25) is 0 Å². The van der Waals surface area contributed by atoms with Crippen LogP contribution in [0.15, 0.2) is 34.7 Å². The van der Waals surface area contributed by atoms with Crippen molar-refractivity contribution in [1.29, 1.82) is 0 Å². The highest BCUT2D eigenvalue weighted by atomic mass is 32.2. The number of hydrogen-bond donors (Lipinski definition) is 1. The zero-order valence-corrected chi connectivity index (χ0v) is 11.5. The van der Waals surface area contributed by atoms with Crippen LogP contribution in [0, 0.1) is 0 Å².